The Morgan fingerprint density at radius 1 is 1.06 bits per heavy atom. The average molecular weight is 545 g/mol. The Morgan fingerprint density at radius 2 is 1.66 bits per heavy atom. The molecule has 35 heavy (non-hydrogen) atoms. The third-order valence-electron chi connectivity index (χ3n) is 5.37. The Morgan fingerprint density at radius 3 is 2.17 bits per heavy atom. The predicted octanol–water partition coefficient (Wildman–Crippen LogP) is 5.43. The molecule has 2 aromatic rings. The summed E-state index contributed by atoms with van der Waals surface area (Å²) in [5.41, 5.74) is -3.85. The molecule has 0 aromatic heterocycles. The molecule has 1 N–H and O–H groups in total. The number of anilines is 1. The minimum Gasteiger partial charge on any atom is -0.495 e. The maximum absolute atomic E-state index is 13.1. The van der Waals surface area contributed by atoms with Gasteiger partial charge in [0.25, 0.3) is 0 Å². The molecule has 1 heterocycles. The zero-order valence-corrected chi connectivity index (χ0v) is 19.6. The Kier molecular flexibility index (Phi) is 7.63. The molecule has 0 radical (unpaired) electrons. The number of benzene rings is 2. The van der Waals surface area contributed by atoms with Gasteiger partial charge >= 0.3 is 12.4 Å². The number of ether oxygens (including phenoxy) is 1. The molecular formula is C21H19ClF6N2O4S. The van der Waals surface area contributed by atoms with Crippen molar-refractivity contribution in [3.8, 4) is 5.75 Å². The smallest absolute Gasteiger partial charge is 0.416 e. The molecule has 0 saturated carbocycles. The SMILES string of the molecule is COc1ccc(S(=O)(=O)N2CCCC(C(=O)Nc3cc(C(F)(F)F)cc(C(F)(F)F)c3)C2)cc1Cl. The second kappa shape index (κ2) is 9.86. The van der Waals surface area contributed by atoms with Gasteiger partial charge in [-0.2, -0.15) is 30.6 Å². The summed E-state index contributed by atoms with van der Waals surface area (Å²) in [7, 11) is -2.73. The van der Waals surface area contributed by atoms with Gasteiger partial charge in [0.1, 0.15) is 5.75 Å². The van der Waals surface area contributed by atoms with Crippen LogP contribution in [0.25, 0.3) is 0 Å². The number of methoxy groups -OCH3 is 1. The van der Waals surface area contributed by atoms with Crippen LogP contribution in [0.1, 0.15) is 24.0 Å². The summed E-state index contributed by atoms with van der Waals surface area (Å²) >= 11 is 6.00. The van der Waals surface area contributed by atoms with Crippen molar-refractivity contribution in [1.29, 1.82) is 0 Å². The molecule has 1 aliphatic heterocycles. The van der Waals surface area contributed by atoms with Gasteiger partial charge in [-0.25, -0.2) is 8.42 Å². The molecule has 3 rings (SSSR count). The van der Waals surface area contributed by atoms with Gasteiger partial charge in [0.05, 0.1) is 34.1 Å². The summed E-state index contributed by atoms with van der Waals surface area (Å²) in [6.45, 7) is -0.250. The van der Waals surface area contributed by atoms with Gasteiger partial charge in [0.15, 0.2) is 0 Å². The van der Waals surface area contributed by atoms with E-state index in [4.69, 9.17) is 16.3 Å². The molecule has 6 nitrogen and oxygen atoms in total. The fourth-order valence-corrected chi connectivity index (χ4v) is 5.48. The molecule has 0 aliphatic carbocycles. The van der Waals surface area contributed by atoms with Crippen molar-refractivity contribution in [1.82, 2.24) is 4.31 Å². The van der Waals surface area contributed by atoms with E-state index in [1.165, 1.54) is 25.3 Å². The highest BCUT2D eigenvalue weighted by Crippen LogP contribution is 2.38. The third kappa shape index (κ3) is 6.19. The van der Waals surface area contributed by atoms with Crippen LogP contribution in [0.3, 0.4) is 0 Å². The zero-order chi connectivity index (χ0) is 26.2. The first-order valence-electron chi connectivity index (χ1n) is 10.1. The lowest BCUT2D eigenvalue weighted by atomic mass is 9.98. The topological polar surface area (TPSA) is 75.7 Å². The monoisotopic (exact) mass is 544 g/mol. The van der Waals surface area contributed by atoms with Crippen molar-refractivity contribution in [3.05, 3.63) is 52.5 Å². The predicted molar refractivity (Wildman–Crippen MR) is 115 cm³/mol. The first kappa shape index (κ1) is 27.1. The Hall–Kier alpha value is -2.51. The lowest BCUT2D eigenvalue weighted by molar-refractivity contribution is -0.143. The van der Waals surface area contributed by atoms with E-state index < -0.39 is 51.0 Å². The molecule has 1 aliphatic rings. The van der Waals surface area contributed by atoms with Crippen molar-refractivity contribution < 1.29 is 44.3 Å². The Bertz CT molecular complexity index is 1190. The molecule has 1 atom stereocenters. The van der Waals surface area contributed by atoms with Crippen molar-refractivity contribution in [3.63, 3.8) is 0 Å². The standard InChI is InChI=1S/C21H19ClF6N2O4S/c1-34-18-5-4-16(10-17(18)22)35(32,33)30-6-2-3-12(11-30)19(31)29-15-8-13(20(23,24)25)7-14(9-15)21(26,27)28/h4-5,7-10,12H,2-3,6,11H2,1H3,(H,29,31). The second-order valence-corrected chi connectivity index (χ2v) is 10.1. The quantitative estimate of drug-likeness (QED) is 0.510. The fourth-order valence-electron chi connectivity index (χ4n) is 3.60. The summed E-state index contributed by atoms with van der Waals surface area (Å²) < 4.78 is 111. The van der Waals surface area contributed by atoms with Crippen LogP contribution in [-0.2, 0) is 27.2 Å². The lowest BCUT2D eigenvalue weighted by Gasteiger charge is -2.31. The largest absolute Gasteiger partial charge is 0.495 e. The molecule has 0 bridgehead atoms. The van der Waals surface area contributed by atoms with E-state index >= 15 is 0 Å². The number of halogens is 7. The van der Waals surface area contributed by atoms with Crippen LogP contribution in [-0.4, -0.2) is 38.8 Å². The van der Waals surface area contributed by atoms with Crippen molar-refractivity contribution in [2.45, 2.75) is 30.1 Å². The minimum absolute atomic E-state index is 0.0462. The third-order valence-corrected chi connectivity index (χ3v) is 7.53. The van der Waals surface area contributed by atoms with Gasteiger partial charge in [0.2, 0.25) is 15.9 Å². The first-order chi connectivity index (χ1) is 16.1. The van der Waals surface area contributed by atoms with Crippen molar-refractivity contribution in [2.24, 2.45) is 5.92 Å². The number of alkyl halides is 6. The van der Waals surface area contributed by atoms with Crippen LogP contribution >= 0.6 is 11.6 Å². The van der Waals surface area contributed by atoms with Gasteiger partial charge < -0.3 is 10.1 Å². The summed E-state index contributed by atoms with van der Waals surface area (Å²) in [5, 5.41) is 2.12. The maximum atomic E-state index is 13.1. The minimum atomic E-state index is -5.07. The Balaban J connectivity index is 1.82. The van der Waals surface area contributed by atoms with Gasteiger partial charge in [-0.3, -0.25) is 4.79 Å². The van der Waals surface area contributed by atoms with Gasteiger partial charge in [0, 0.05) is 18.8 Å². The van der Waals surface area contributed by atoms with Crippen molar-refractivity contribution >= 4 is 33.2 Å². The number of sulfonamides is 1. The zero-order valence-electron chi connectivity index (χ0n) is 18.0. The number of carbonyl (C=O) groups is 1. The molecular weight excluding hydrogens is 526 g/mol. The van der Waals surface area contributed by atoms with Gasteiger partial charge in [-0.1, -0.05) is 11.6 Å². The number of piperidine rings is 1. The van der Waals surface area contributed by atoms with E-state index in [1.807, 2.05) is 0 Å². The van der Waals surface area contributed by atoms with Gasteiger partial charge in [-0.05, 0) is 49.2 Å². The van der Waals surface area contributed by atoms with Crippen LogP contribution in [0.15, 0.2) is 41.3 Å². The van der Waals surface area contributed by atoms with E-state index in [0.717, 1.165) is 4.31 Å². The Labute approximate surface area is 201 Å². The second-order valence-electron chi connectivity index (χ2n) is 7.78. The van der Waals surface area contributed by atoms with E-state index in [0.29, 0.717) is 12.1 Å². The van der Waals surface area contributed by atoms with Crippen LogP contribution in [0.2, 0.25) is 5.02 Å². The summed E-state index contributed by atoms with van der Waals surface area (Å²) in [6, 6.07) is 4.54. The van der Waals surface area contributed by atoms with Crippen LogP contribution < -0.4 is 10.1 Å². The van der Waals surface area contributed by atoms with E-state index in [9.17, 15) is 39.6 Å². The number of carbonyl (C=O) groups excluding carboxylic acids is 1. The highest BCUT2D eigenvalue weighted by molar-refractivity contribution is 7.89. The highest BCUT2D eigenvalue weighted by atomic mass is 35.5. The molecule has 1 unspecified atom stereocenters. The number of amides is 1. The van der Waals surface area contributed by atoms with Crippen LogP contribution in [0.5, 0.6) is 5.75 Å². The lowest BCUT2D eigenvalue weighted by Crippen LogP contribution is -2.43. The number of rotatable bonds is 5. The first-order valence-corrected chi connectivity index (χ1v) is 11.9. The normalized spacial score (nSPS) is 17.8. The maximum Gasteiger partial charge on any atom is 0.416 e. The molecule has 192 valence electrons. The van der Waals surface area contributed by atoms with Crippen molar-refractivity contribution in [2.75, 3.05) is 25.5 Å². The molecule has 1 fully saturated rings. The summed E-state index contributed by atoms with van der Waals surface area (Å²) in [6.07, 6.45) is -9.71. The van der Waals surface area contributed by atoms with E-state index in [1.54, 1.807) is 0 Å². The number of hydrogen-bond acceptors (Lipinski definition) is 4. The number of nitrogens with zero attached hydrogens (tertiary/aromatic N) is 1. The van der Waals surface area contributed by atoms with E-state index in [2.05, 4.69) is 5.32 Å². The highest BCUT2D eigenvalue weighted by Gasteiger charge is 2.38. The molecule has 2 aromatic carbocycles. The van der Waals surface area contributed by atoms with E-state index in [-0.39, 0.29) is 47.7 Å². The summed E-state index contributed by atoms with van der Waals surface area (Å²) in [4.78, 5) is 12.5. The average Bonchev–Trinajstić information content (AvgIpc) is 2.77. The number of hydrogen-bond donors (Lipinski definition) is 1. The van der Waals surface area contributed by atoms with Gasteiger partial charge in [-0.15, -0.1) is 0 Å². The van der Waals surface area contributed by atoms with Crippen LogP contribution in [0.4, 0.5) is 32.0 Å². The molecule has 1 amide bonds. The molecule has 14 heteroatoms. The summed E-state index contributed by atoms with van der Waals surface area (Å²) in [5.74, 6) is -1.65. The number of nitrogens with one attached hydrogen (secondary N) is 1. The van der Waals surface area contributed by atoms with Crippen LogP contribution in [0, 0.1) is 5.92 Å². The fraction of sp³-hybridized carbons (Fsp3) is 0.381. The molecule has 1 saturated heterocycles. The molecule has 0 spiro atoms.